The van der Waals surface area contributed by atoms with Gasteiger partial charge < -0.3 is 5.11 Å². The van der Waals surface area contributed by atoms with E-state index in [9.17, 15) is 5.11 Å². The minimum Gasteiger partial charge on any atom is -0.383 e. The summed E-state index contributed by atoms with van der Waals surface area (Å²) in [5, 5.41) is 10.9. The van der Waals surface area contributed by atoms with E-state index in [0.717, 1.165) is 22.3 Å². The quantitative estimate of drug-likeness (QED) is 0.523. The summed E-state index contributed by atoms with van der Waals surface area (Å²) in [6.45, 7) is 0. The fourth-order valence-electron chi connectivity index (χ4n) is 1.34. The van der Waals surface area contributed by atoms with Gasteiger partial charge in [-0.1, -0.05) is 17.7 Å². The molecule has 1 N–H and O–H groups in total. The molecule has 0 fully saturated rings. The number of hydrogen-bond acceptors (Lipinski definition) is 2. The maximum absolute atomic E-state index is 10.3. The van der Waals surface area contributed by atoms with Gasteiger partial charge in [-0.2, -0.15) is 0 Å². The van der Waals surface area contributed by atoms with Crippen molar-refractivity contribution in [2.45, 2.75) is 6.10 Å². The van der Waals surface area contributed by atoms with Gasteiger partial charge >= 0.3 is 0 Å². The van der Waals surface area contributed by atoms with Crippen LogP contribution in [0.2, 0.25) is 5.02 Å². The lowest BCUT2D eigenvalue weighted by Crippen LogP contribution is -1.97. The standard InChI is InChI=1S/C11H6Br2ClIOS/c12-6-4-9(17-11(6)13)10(16)5-1-2-8(15)7(14)3-5/h1-4,10,16H. The van der Waals surface area contributed by atoms with Gasteiger partial charge in [0.05, 0.1) is 8.81 Å². The molecule has 2 aromatic rings. The van der Waals surface area contributed by atoms with Crippen molar-refractivity contribution in [3.8, 4) is 0 Å². The van der Waals surface area contributed by atoms with E-state index in [0.29, 0.717) is 5.02 Å². The lowest BCUT2D eigenvalue weighted by molar-refractivity contribution is 0.224. The summed E-state index contributed by atoms with van der Waals surface area (Å²) in [4.78, 5) is 0.876. The van der Waals surface area contributed by atoms with E-state index in [2.05, 4.69) is 54.5 Å². The molecule has 0 saturated carbocycles. The Kier molecular flexibility index (Phi) is 4.94. The smallest absolute Gasteiger partial charge is 0.113 e. The minimum atomic E-state index is -0.642. The molecule has 1 unspecified atom stereocenters. The zero-order chi connectivity index (χ0) is 12.6. The Morgan fingerprint density at radius 3 is 2.53 bits per heavy atom. The fourth-order valence-corrected chi connectivity index (χ4v) is 3.97. The van der Waals surface area contributed by atoms with Crippen molar-refractivity contribution in [2.24, 2.45) is 0 Å². The van der Waals surface area contributed by atoms with Crippen molar-refractivity contribution in [1.82, 2.24) is 0 Å². The second kappa shape index (κ2) is 5.88. The van der Waals surface area contributed by atoms with Gasteiger partial charge in [0.25, 0.3) is 0 Å². The number of rotatable bonds is 2. The van der Waals surface area contributed by atoms with Crippen LogP contribution >= 0.6 is 77.4 Å². The highest BCUT2D eigenvalue weighted by Crippen LogP contribution is 2.38. The number of hydrogen-bond donors (Lipinski definition) is 1. The molecule has 0 bridgehead atoms. The van der Waals surface area contributed by atoms with Crippen molar-refractivity contribution in [3.05, 3.63) is 51.6 Å². The van der Waals surface area contributed by atoms with Crippen molar-refractivity contribution < 1.29 is 5.11 Å². The monoisotopic (exact) mass is 506 g/mol. The summed E-state index contributed by atoms with van der Waals surface area (Å²) >= 11 is 16.5. The highest BCUT2D eigenvalue weighted by Gasteiger charge is 2.15. The molecule has 0 aliphatic rings. The van der Waals surface area contributed by atoms with Crippen molar-refractivity contribution in [3.63, 3.8) is 0 Å². The zero-order valence-corrected chi connectivity index (χ0v) is 15.2. The normalized spacial score (nSPS) is 12.8. The van der Waals surface area contributed by atoms with E-state index in [-0.39, 0.29) is 0 Å². The van der Waals surface area contributed by atoms with E-state index >= 15 is 0 Å². The Labute approximate surface area is 139 Å². The molecule has 0 amide bonds. The lowest BCUT2D eigenvalue weighted by Gasteiger charge is -2.09. The Morgan fingerprint density at radius 2 is 2.00 bits per heavy atom. The Bertz CT molecular complexity index is 539. The third-order valence-electron chi connectivity index (χ3n) is 2.19. The van der Waals surface area contributed by atoms with E-state index in [1.54, 1.807) is 6.07 Å². The van der Waals surface area contributed by atoms with Gasteiger partial charge in [-0.25, -0.2) is 0 Å². The molecule has 6 heteroatoms. The Hall–Kier alpha value is 0.860. The van der Waals surface area contributed by atoms with Crippen molar-refractivity contribution in [1.29, 1.82) is 0 Å². The van der Waals surface area contributed by atoms with Gasteiger partial charge in [0.2, 0.25) is 0 Å². The molecule has 1 nitrogen and oxygen atoms in total. The van der Waals surface area contributed by atoms with E-state index in [1.165, 1.54) is 11.3 Å². The average Bonchev–Trinajstić information content (AvgIpc) is 2.62. The summed E-state index contributed by atoms with van der Waals surface area (Å²) in [5.74, 6) is 0. The van der Waals surface area contributed by atoms with Crippen LogP contribution in [0.25, 0.3) is 0 Å². The van der Waals surface area contributed by atoms with Gasteiger partial charge in [-0.05, 0) is 78.2 Å². The summed E-state index contributed by atoms with van der Waals surface area (Å²) in [6, 6.07) is 7.50. The average molecular weight is 508 g/mol. The number of aliphatic hydroxyl groups excluding tert-OH is 1. The van der Waals surface area contributed by atoms with Crippen LogP contribution in [0.1, 0.15) is 16.5 Å². The predicted molar refractivity (Wildman–Crippen MR) is 87.9 cm³/mol. The summed E-state index contributed by atoms with van der Waals surface area (Å²) < 4.78 is 2.91. The van der Waals surface area contributed by atoms with Crippen LogP contribution in [-0.2, 0) is 0 Å². The maximum Gasteiger partial charge on any atom is 0.113 e. The first-order valence-electron chi connectivity index (χ1n) is 4.57. The molecular formula is C11H6Br2ClIOS. The molecule has 0 radical (unpaired) electrons. The van der Waals surface area contributed by atoms with Gasteiger partial charge in [0.15, 0.2) is 0 Å². The topological polar surface area (TPSA) is 20.2 Å². The second-order valence-corrected chi connectivity index (χ2v) is 8.17. The van der Waals surface area contributed by atoms with Crippen LogP contribution in [0.15, 0.2) is 32.5 Å². The molecule has 0 aliphatic heterocycles. The largest absolute Gasteiger partial charge is 0.383 e. The summed E-state index contributed by atoms with van der Waals surface area (Å²) in [7, 11) is 0. The van der Waals surface area contributed by atoms with E-state index < -0.39 is 6.10 Å². The Morgan fingerprint density at radius 1 is 1.29 bits per heavy atom. The van der Waals surface area contributed by atoms with Crippen LogP contribution in [0.3, 0.4) is 0 Å². The molecule has 1 aromatic heterocycles. The SMILES string of the molecule is OC(c1ccc(I)c(Cl)c1)c1cc(Br)c(Br)s1. The first-order chi connectivity index (χ1) is 7.99. The lowest BCUT2D eigenvalue weighted by atomic mass is 10.1. The summed E-state index contributed by atoms with van der Waals surface area (Å²) in [6.07, 6.45) is -0.642. The molecule has 90 valence electrons. The molecule has 17 heavy (non-hydrogen) atoms. The first kappa shape index (κ1) is 14.3. The first-order valence-corrected chi connectivity index (χ1v) is 8.42. The van der Waals surface area contributed by atoms with Gasteiger partial charge in [0.1, 0.15) is 6.10 Å². The fraction of sp³-hybridized carbons (Fsp3) is 0.0909. The number of aliphatic hydroxyl groups is 1. The third-order valence-corrected chi connectivity index (χ3v) is 7.07. The van der Waals surface area contributed by atoms with Crippen LogP contribution < -0.4 is 0 Å². The minimum absolute atomic E-state index is 0.642. The second-order valence-electron chi connectivity index (χ2n) is 3.35. The molecule has 1 aromatic carbocycles. The van der Waals surface area contributed by atoms with Crippen molar-refractivity contribution in [2.75, 3.05) is 0 Å². The van der Waals surface area contributed by atoms with E-state index in [1.807, 2.05) is 18.2 Å². The van der Waals surface area contributed by atoms with Crippen LogP contribution in [-0.4, -0.2) is 5.11 Å². The predicted octanol–water partition coefficient (Wildman–Crippen LogP) is 5.61. The summed E-state index contributed by atoms with van der Waals surface area (Å²) in [5.41, 5.74) is 0.802. The molecule has 0 spiro atoms. The maximum atomic E-state index is 10.3. The molecule has 0 saturated heterocycles. The number of halogens is 4. The molecule has 1 heterocycles. The van der Waals surface area contributed by atoms with Crippen LogP contribution in [0.4, 0.5) is 0 Å². The molecule has 2 rings (SSSR count). The molecular weight excluding hydrogens is 502 g/mol. The number of thiophene rings is 1. The zero-order valence-electron chi connectivity index (χ0n) is 8.25. The number of benzene rings is 1. The highest BCUT2D eigenvalue weighted by atomic mass is 127. The molecule has 1 atom stereocenters. The molecule has 0 aliphatic carbocycles. The Balaban J connectivity index is 2.36. The van der Waals surface area contributed by atoms with Crippen LogP contribution in [0.5, 0.6) is 0 Å². The van der Waals surface area contributed by atoms with Gasteiger partial charge in [-0.15, -0.1) is 11.3 Å². The van der Waals surface area contributed by atoms with Gasteiger partial charge in [0, 0.05) is 12.9 Å². The van der Waals surface area contributed by atoms with Gasteiger partial charge in [-0.3, -0.25) is 0 Å². The van der Waals surface area contributed by atoms with Crippen molar-refractivity contribution >= 4 is 77.4 Å². The van der Waals surface area contributed by atoms with Crippen LogP contribution in [0, 0.1) is 3.57 Å². The highest BCUT2D eigenvalue weighted by molar-refractivity contribution is 14.1. The van der Waals surface area contributed by atoms with E-state index in [4.69, 9.17) is 11.6 Å². The third kappa shape index (κ3) is 3.25.